The van der Waals surface area contributed by atoms with Crippen LogP contribution >= 0.6 is 0 Å². The Morgan fingerprint density at radius 3 is 0.907 bits per heavy atom. The highest BCUT2D eigenvalue weighted by Gasteiger charge is 2.05. The summed E-state index contributed by atoms with van der Waals surface area (Å²) in [4.78, 5) is 11.8. The number of hydrogen-bond acceptors (Lipinski definition) is 11. The van der Waals surface area contributed by atoms with E-state index in [1.165, 1.54) is 96.3 Å². The molecule has 1 rings (SSSR count). The molecular weight excluding hydrogens is 692 g/mol. The molecule has 0 fully saturated rings. The number of carbonyl (C=O) groups is 1. The fourth-order valence-electron chi connectivity index (χ4n) is 5.46. The summed E-state index contributed by atoms with van der Waals surface area (Å²) in [5, 5.41) is 0. The molecule has 0 radical (unpaired) electrons. The largest absolute Gasteiger partial charge is 0.460 e. The molecule has 0 aromatic heterocycles. The number of benzene rings is 1. The lowest BCUT2D eigenvalue weighted by molar-refractivity contribution is -0.0259. The summed E-state index contributed by atoms with van der Waals surface area (Å²) in [6.45, 7) is 12.0. The molecule has 11 nitrogen and oxygen atoms in total. The van der Waals surface area contributed by atoms with Crippen molar-refractivity contribution in [2.75, 3.05) is 126 Å². The Labute approximate surface area is 328 Å². The number of esters is 1. The summed E-state index contributed by atoms with van der Waals surface area (Å²) in [7, 11) is 0. The fraction of sp³-hybridized carbons (Fsp3) is 0.837. The number of rotatable bonds is 45. The van der Waals surface area contributed by atoms with Crippen molar-refractivity contribution >= 4 is 5.97 Å². The summed E-state index contributed by atoms with van der Waals surface area (Å²) in [6, 6.07) is 8.88. The monoisotopic (exact) mass is 771 g/mol. The maximum Gasteiger partial charge on any atom is 0.338 e. The van der Waals surface area contributed by atoms with Crippen LogP contribution in [0.15, 0.2) is 30.3 Å². The van der Waals surface area contributed by atoms with Crippen molar-refractivity contribution in [1.82, 2.24) is 0 Å². The molecule has 1 aromatic rings. The van der Waals surface area contributed by atoms with Gasteiger partial charge in [0.15, 0.2) is 0 Å². The van der Waals surface area contributed by atoms with E-state index in [9.17, 15) is 4.79 Å². The summed E-state index contributed by atoms with van der Waals surface area (Å²) in [5.41, 5.74) is 0.530. The highest BCUT2D eigenvalue weighted by Crippen LogP contribution is 2.13. The quantitative estimate of drug-likeness (QED) is 0.0473. The molecule has 0 unspecified atom stereocenters. The maximum absolute atomic E-state index is 11.8. The number of hydrogen-bond donors (Lipinski definition) is 0. The van der Waals surface area contributed by atoms with Crippen LogP contribution in [0.2, 0.25) is 0 Å². The Bertz CT molecular complexity index is 861. The van der Waals surface area contributed by atoms with Crippen molar-refractivity contribution < 1.29 is 52.2 Å². The second-order valence-electron chi connectivity index (χ2n) is 13.3. The minimum atomic E-state index is -0.351. The standard InChI is InChI=1S/C43H78O11/c1-2-3-4-5-6-7-8-9-10-11-12-13-14-15-16-20-23-45-24-25-46-26-27-47-28-29-48-30-31-49-32-33-50-34-35-51-36-37-52-38-39-53-40-41-54-43(44)42-21-18-17-19-22-42/h17-19,21-22H,2-16,20,23-41H2,1H3. The van der Waals surface area contributed by atoms with Gasteiger partial charge in [0, 0.05) is 6.61 Å². The molecule has 0 atom stereocenters. The van der Waals surface area contributed by atoms with Crippen molar-refractivity contribution in [2.24, 2.45) is 0 Å². The highest BCUT2D eigenvalue weighted by molar-refractivity contribution is 5.89. The van der Waals surface area contributed by atoms with E-state index in [0.29, 0.717) is 118 Å². The molecule has 0 aliphatic heterocycles. The van der Waals surface area contributed by atoms with E-state index >= 15 is 0 Å². The van der Waals surface area contributed by atoms with Gasteiger partial charge in [-0.2, -0.15) is 0 Å². The molecule has 0 saturated carbocycles. The van der Waals surface area contributed by atoms with Gasteiger partial charge in [-0.05, 0) is 18.6 Å². The summed E-state index contributed by atoms with van der Waals surface area (Å²) < 4.78 is 54.8. The van der Waals surface area contributed by atoms with Gasteiger partial charge < -0.3 is 47.4 Å². The molecule has 11 heteroatoms. The lowest BCUT2D eigenvalue weighted by Gasteiger charge is -2.09. The van der Waals surface area contributed by atoms with Crippen molar-refractivity contribution in [1.29, 1.82) is 0 Å². The molecule has 1 aromatic carbocycles. The van der Waals surface area contributed by atoms with Crippen LogP contribution in [0.5, 0.6) is 0 Å². The zero-order valence-corrected chi connectivity index (χ0v) is 34.1. The summed E-state index contributed by atoms with van der Waals surface area (Å²) >= 11 is 0. The third-order valence-electron chi connectivity index (χ3n) is 8.59. The fourth-order valence-corrected chi connectivity index (χ4v) is 5.46. The zero-order valence-electron chi connectivity index (χ0n) is 34.1. The third-order valence-corrected chi connectivity index (χ3v) is 8.59. The number of unbranched alkanes of at least 4 members (excludes halogenated alkanes) is 15. The van der Waals surface area contributed by atoms with E-state index in [-0.39, 0.29) is 12.6 Å². The average molecular weight is 771 g/mol. The minimum absolute atomic E-state index is 0.207. The molecule has 0 spiro atoms. The Morgan fingerprint density at radius 1 is 0.333 bits per heavy atom. The van der Waals surface area contributed by atoms with Crippen LogP contribution in [0.25, 0.3) is 0 Å². The summed E-state index contributed by atoms with van der Waals surface area (Å²) in [6.07, 6.45) is 22.2. The summed E-state index contributed by atoms with van der Waals surface area (Å²) in [5.74, 6) is -0.351. The minimum Gasteiger partial charge on any atom is -0.460 e. The molecular formula is C43H78O11. The van der Waals surface area contributed by atoms with Crippen molar-refractivity contribution in [2.45, 2.75) is 110 Å². The van der Waals surface area contributed by atoms with Crippen LogP contribution < -0.4 is 0 Å². The van der Waals surface area contributed by atoms with E-state index in [1.54, 1.807) is 24.3 Å². The molecule has 0 bridgehead atoms. The smallest absolute Gasteiger partial charge is 0.338 e. The van der Waals surface area contributed by atoms with Crippen LogP contribution in [0.3, 0.4) is 0 Å². The van der Waals surface area contributed by atoms with Crippen LogP contribution in [-0.4, -0.2) is 132 Å². The van der Waals surface area contributed by atoms with E-state index < -0.39 is 0 Å². The first-order valence-electron chi connectivity index (χ1n) is 21.3. The molecule has 0 saturated heterocycles. The third kappa shape index (κ3) is 38.6. The van der Waals surface area contributed by atoms with Crippen LogP contribution in [-0.2, 0) is 47.4 Å². The molecule has 54 heavy (non-hydrogen) atoms. The molecule has 0 aliphatic rings. The van der Waals surface area contributed by atoms with E-state index in [2.05, 4.69) is 6.92 Å². The van der Waals surface area contributed by atoms with E-state index in [4.69, 9.17) is 47.4 Å². The van der Waals surface area contributed by atoms with Gasteiger partial charge in [0.2, 0.25) is 0 Å². The molecule has 0 heterocycles. The number of carbonyl (C=O) groups excluding carboxylic acids is 1. The Kier molecular flexibility index (Phi) is 41.1. The van der Waals surface area contributed by atoms with Crippen LogP contribution in [0, 0.1) is 0 Å². The van der Waals surface area contributed by atoms with Gasteiger partial charge in [-0.3, -0.25) is 0 Å². The molecule has 316 valence electrons. The van der Waals surface area contributed by atoms with Gasteiger partial charge in [0.25, 0.3) is 0 Å². The molecule has 0 aliphatic carbocycles. The average Bonchev–Trinajstić information content (AvgIpc) is 3.19. The Balaban J connectivity index is 1.61. The topological polar surface area (TPSA) is 109 Å². The predicted octanol–water partition coefficient (Wildman–Crippen LogP) is 8.25. The van der Waals surface area contributed by atoms with Gasteiger partial charge in [-0.1, -0.05) is 121 Å². The number of ether oxygens (including phenoxy) is 10. The molecule has 0 amide bonds. The second-order valence-corrected chi connectivity index (χ2v) is 13.3. The van der Waals surface area contributed by atoms with Crippen molar-refractivity contribution in [3.8, 4) is 0 Å². The predicted molar refractivity (Wildman–Crippen MR) is 214 cm³/mol. The van der Waals surface area contributed by atoms with Crippen molar-refractivity contribution in [3.05, 3.63) is 35.9 Å². The normalized spacial score (nSPS) is 11.4. The first-order chi connectivity index (χ1) is 26.8. The first-order valence-corrected chi connectivity index (χ1v) is 21.3. The van der Waals surface area contributed by atoms with Crippen LogP contribution in [0.1, 0.15) is 120 Å². The van der Waals surface area contributed by atoms with Gasteiger partial charge in [0.05, 0.1) is 118 Å². The SMILES string of the molecule is CCCCCCCCCCCCCCCCCCOCCOCCOCCOCCOCCOCCOCCOCCOCCOC(=O)c1ccccc1. The van der Waals surface area contributed by atoms with E-state index in [0.717, 1.165) is 13.0 Å². The highest BCUT2D eigenvalue weighted by atomic mass is 16.6. The zero-order chi connectivity index (χ0) is 38.5. The van der Waals surface area contributed by atoms with Crippen LogP contribution in [0.4, 0.5) is 0 Å². The van der Waals surface area contributed by atoms with E-state index in [1.807, 2.05) is 6.07 Å². The Hall–Kier alpha value is -1.67. The first kappa shape index (κ1) is 50.3. The van der Waals surface area contributed by atoms with Gasteiger partial charge in [-0.15, -0.1) is 0 Å². The van der Waals surface area contributed by atoms with Crippen molar-refractivity contribution in [3.63, 3.8) is 0 Å². The van der Waals surface area contributed by atoms with Gasteiger partial charge >= 0.3 is 5.97 Å². The van der Waals surface area contributed by atoms with Gasteiger partial charge in [-0.25, -0.2) is 4.79 Å². The maximum atomic E-state index is 11.8. The van der Waals surface area contributed by atoms with Gasteiger partial charge in [0.1, 0.15) is 6.61 Å². The lowest BCUT2D eigenvalue weighted by Crippen LogP contribution is -2.15. The molecule has 0 N–H and O–H groups in total. The second kappa shape index (κ2) is 44.0. The Morgan fingerprint density at radius 2 is 0.593 bits per heavy atom. The lowest BCUT2D eigenvalue weighted by atomic mass is 10.0.